The summed E-state index contributed by atoms with van der Waals surface area (Å²) in [6.45, 7) is 2.14. The molecule has 0 amide bonds. The summed E-state index contributed by atoms with van der Waals surface area (Å²) in [5.74, 6) is 0. The maximum Gasteiger partial charge on any atom is 0.264 e. The minimum absolute atomic E-state index is 0.208. The summed E-state index contributed by atoms with van der Waals surface area (Å²) in [6.07, 6.45) is 3.20. The van der Waals surface area contributed by atoms with Gasteiger partial charge in [-0.3, -0.25) is 9.08 Å². The highest BCUT2D eigenvalue weighted by Gasteiger charge is 2.25. The Morgan fingerprint density at radius 2 is 2.06 bits per heavy atom. The van der Waals surface area contributed by atoms with Gasteiger partial charge in [0, 0.05) is 12.6 Å². The lowest BCUT2D eigenvalue weighted by atomic mass is 10.2. The summed E-state index contributed by atoms with van der Waals surface area (Å²) in [5.41, 5.74) is 1.25. The Morgan fingerprint density at radius 1 is 1.33 bits per heavy atom. The molecule has 1 aromatic rings. The van der Waals surface area contributed by atoms with Gasteiger partial charge in [0.25, 0.3) is 10.1 Å². The molecule has 1 saturated heterocycles. The molecule has 100 valence electrons. The summed E-state index contributed by atoms with van der Waals surface area (Å²) in [5, 5.41) is 0. The second-order valence-corrected chi connectivity index (χ2v) is 6.38. The molecular weight excluding hydrogens is 250 g/mol. The summed E-state index contributed by atoms with van der Waals surface area (Å²) in [4.78, 5) is 2.29. The lowest BCUT2D eigenvalue weighted by molar-refractivity contribution is 0.171. The molecule has 1 unspecified atom stereocenters. The van der Waals surface area contributed by atoms with Crippen molar-refractivity contribution in [3.8, 4) is 0 Å². The third-order valence-corrected chi connectivity index (χ3v) is 3.77. The minimum atomic E-state index is -3.33. The lowest BCUT2D eigenvalue weighted by Crippen LogP contribution is -2.33. The van der Waals surface area contributed by atoms with Crippen molar-refractivity contribution in [1.29, 1.82) is 0 Å². The van der Waals surface area contributed by atoms with E-state index in [9.17, 15) is 8.42 Å². The highest BCUT2D eigenvalue weighted by atomic mass is 32.2. The first-order valence-corrected chi connectivity index (χ1v) is 7.98. The third kappa shape index (κ3) is 4.08. The quantitative estimate of drug-likeness (QED) is 0.762. The van der Waals surface area contributed by atoms with Crippen LogP contribution in [0.4, 0.5) is 0 Å². The van der Waals surface area contributed by atoms with Crippen LogP contribution in [0.15, 0.2) is 30.3 Å². The maximum atomic E-state index is 11.0. The van der Waals surface area contributed by atoms with E-state index >= 15 is 0 Å². The fourth-order valence-electron chi connectivity index (χ4n) is 2.31. The van der Waals surface area contributed by atoms with Crippen LogP contribution in [0.5, 0.6) is 0 Å². The highest BCUT2D eigenvalue weighted by Crippen LogP contribution is 2.20. The van der Waals surface area contributed by atoms with Crippen molar-refractivity contribution in [2.45, 2.75) is 25.4 Å². The lowest BCUT2D eigenvalue weighted by Gasteiger charge is -2.23. The summed E-state index contributed by atoms with van der Waals surface area (Å²) >= 11 is 0. The summed E-state index contributed by atoms with van der Waals surface area (Å²) in [7, 11) is -3.33. The zero-order valence-electron chi connectivity index (χ0n) is 10.6. The predicted molar refractivity (Wildman–Crippen MR) is 70.7 cm³/mol. The Morgan fingerprint density at radius 3 is 2.72 bits per heavy atom. The van der Waals surface area contributed by atoms with Gasteiger partial charge in [-0.05, 0) is 24.9 Å². The van der Waals surface area contributed by atoms with Gasteiger partial charge >= 0.3 is 0 Å². The van der Waals surface area contributed by atoms with Crippen molar-refractivity contribution in [3.05, 3.63) is 35.9 Å². The normalized spacial score (nSPS) is 21.3. The molecule has 0 aromatic heterocycles. The molecule has 0 aliphatic carbocycles. The van der Waals surface area contributed by atoms with E-state index < -0.39 is 10.1 Å². The van der Waals surface area contributed by atoms with Crippen LogP contribution in [0, 0.1) is 0 Å². The Hall–Kier alpha value is -0.910. The molecule has 0 saturated carbocycles. The number of likely N-dealkylation sites (tertiary alicyclic amines) is 1. The van der Waals surface area contributed by atoms with Gasteiger partial charge in [-0.2, -0.15) is 8.42 Å². The van der Waals surface area contributed by atoms with Gasteiger partial charge in [-0.1, -0.05) is 30.3 Å². The van der Waals surface area contributed by atoms with E-state index in [0.717, 1.165) is 32.2 Å². The molecule has 2 rings (SSSR count). The van der Waals surface area contributed by atoms with Gasteiger partial charge in [0.1, 0.15) is 0 Å². The third-order valence-electron chi connectivity index (χ3n) is 3.20. The first-order valence-electron chi connectivity index (χ1n) is 6.17. The van der Waals surface area contributed by atoms with Crippen molar-refractivity contribution in [2.24, 2.45) is 0 Å². The molecular formula is C13H19NO3S. The molecule has 1 atom stereocenters. The molecule has 0 radical (unpaired) electrons. The van der Waals surface area contributed by atoms with E-state index in [-0.39, 0.29) is 12.6 Å². The van der Waals surface area contributed by atoms with Crippen molar-refractivity contribution >= 4 is 10.1 Å². The summed E-state index contributed by atoms with van der Waals surface area (Å²) in [6, 6.07) is 10.4. The topological polar surface area (TPSA) is 46.6 Å². The Kier molecular flexibility index (Phi) is 4.37. The van der Waals surface area contributed by atoms with Crippen LogP contribution in [0.2, 0.25) is 0 Å². The van der Waals surface area contributed by atoms with E-state index in [1.165, 1.54) is 5.56 Å². The van der Waals surface area contributed by atoms with Gasteiger partial charge in [-0.15, -0.1) is 0 Å². The van der Waals surface area contributed by atoms with E-state index in [4.69, 9.17) is 4.18 Å². The van der Waals surface area contributed by atoms with Crippen molar-refractivity contribution in [1.82, 2.24) is 4.90 Å². The van der Waals surface area contributed by atoms with Crippen LogP contribution >= 0.6 is 0 Å². The van der Waals surface area contributed by atoms with Gasteiger partial charge < -0.3 is 0 Å². The fraction of sp³-hybridized carbons (Fsp3) is 0.538. The molecule has 1 aliphatic rings. The molecule has 1 aromatic carbocycles. The van der Waals surface area contributed by atoms with Crippen molar-refractivity contribution in [3.63, 3.8) is 0 Å². The Balaban J connectivity index is 1.92. The zero-order valence-corrected chi connectivity index (χ0v) is 11.4. The highest BCUT2D eigenvalue weighted by molar-refractivity contribution is 7.85. The molecule has 1 heterocycles. The van der Waals surface area contributed by atoms with Gasteiger partial charge in [0.15, 0.2) is 0 Å². The average molecular weight is 269 g/mol. The standard InChI is InChI=1S/C13H19NO3S/c1-18(15,16)17-11-13-8-5-9-14(13)10-12-6-3-2-4-7-12/h2-4,6-7,13H,5,8-11H2,1H3. The van der Waals surface area contributed by atoms with Crippen molar-refractivity contribution in [2.75, 3.05) is 19.4 Å². The van der Waals surface area contributed by atoms with Crippen LogP contribution in [0.1, 0.15) is 18.4 Å². The Bertz CT molecular complexity index is 472. The minimum Gasteiger partial charge on any atom is -0.294 e. The zero-order chi connectivity index (χ0) is 13.0. The number of hydrogen-bond donors (Lipinski definition) is 0. The molecule has 0 bridgehead atoms. The Labute approximate surface area is 109 Å². The largest absolute Gasteiger partial charge is 0.294 e. The average Bonchev–Trinajstić information content (AvgIpc) is 2.74. The monoisotopic (exact) mass is 269 g/mol. The molecule has 0 N–H and O–H groups in total. The molecule has 1 aliphatic heterocycles. The molecule has 18 heavy (non-hydrogen) atoms. The van der Waals surface area contributed by atoms with Crippen LogP contribution in [0.25, 0.3) is 0 Å². The van der Waals surface area contributed by atoms with E-state index in [1.807, 2.05) is 18.2 Å². The van der Waals surface area contributed by atoms with Crippen LogP contribution in [0.3, 0.4) is 0 Å². The molecule has 5 heteroatoms. The van der Waals surface area contributed by atoms with Crippen LogP contribution in [-0.4, -0.2) is 38.8 Å². The molecule has 0 spiro atoms. The number of hydrogen-bond acceptors (Lipinski definition) is 4. The first-order chi connectivity index (χ1) is 8.54. The van der Waals surface area contributed by atoms with Gasteiger partial charge in [0.2, 0.25) is 0 Å². The molecule has 1 fully saturated rings. The van der Waals surface area contributed by atoms with Gasteiger partial charge in [0.05, 0.1) is 12.9 Å². The van der Waals surface area contributed by atoms with E-state index in [0.29, 0.717) is 0 Å². The smallest absolute Gasteiger partial charge is 0.264 e. The maximum absolute atomic E-state index is 11.0. The van der Waals surface area contributed by atoms with E-state index in [2.05, 4.69) is 17.0 Å². The number of nitrogens with zero attached hydrogens (tertiary/aromatic N) is 1. The second kappa shape index (κ2) is 5.82. The van der Waals surface area contributed by atoms with Crippen LogP contribution in [-0.2, 0) is 20.8 Å². The number of rotatable bonds is 5. The van der Waals surface area contributed by atoms with Gasteiger partial charge in [-0.25, -0.2) is 0 Å². The summed E-state index contributed by atoms with van der Waals surface area (Å²) < 4.78 is 26.9. The predicted octanol–water partition coefficient (Wildman–Crippen LogP) is 1.63. The number of benzene rings is 1. The SMILES string of the molecule is CS(=O)(=O)OCC1CCCN1Cc1ccccc1. The van der Waals surface area contributed by atoms with E-state index in [1.54, 1.807) is 0 Å². The first kappa shape index (κ1) is 13.5. The fourth-order valence-corrected chi connectivity index (χ4v) is 2.72. The second-order valence-electron chi connectivity index (χ2n) is 4.74. The van der Waals surface area contributed by atoms with Crippen LogP contribution < -0.4 is 0 Å². The molecule has 4 nitrogen and oxygen atoms in total. The van der Waals surface area contributed by atoms with Crippen molar-refractivity contribution < 1.29 is 12.6 Å².